The fourth-order valence-corrected chi connectivity index (χ4v) is 4.46. The smallest absolute Gasteiger partial charge is 0.193 e. The van der Waals surface area contributed by atoms with E-state index in [1.165, 1.54) is 38.8 Å². The van der Waals surface area contributed by atoms with Crippen LogP contribution in [0.15, 0.2) is 4.99 Å². The second-order valence-electron chi connectivity index (χ2n) is 8.18. The first kappa shape index (κ1) is 21.2. The van der Waals surface area contributed by atoms with Crippen LogP contribution in [-0.2, 0) is 4.74 Å². The van der Waals surface area contributed by atoms with Crippen molar-refractivity contribution in [3.05, 3.63) is 0 Å². The molecule has 1 spiro atoms. The van der Waals surface area contributed by atoms with Gasteiger partial charge in [0, 0.05) is 38.8 Å². The summed E-state index contributed by atoms with van der Waals surface area (Å²) in [5.41, 5.74) is 0.623. The number of hydrogen-bond donors (Lipinski definition) is 1. The van der Waals surface area contributed by atoms with Crippen LogP contribution in [0.4, 0.5) is 0 Å². The van der Waals surface area contributed by atoms with Crippen LogP contribution in [0, 0.1) is 11.3 Å². The van der Waals surface area contributed by atoms with Crippen LogP contribution < -0.4 is 5.32 Å². The molecule has 0 aromatic rings. The number of guanidine groups is 1. The lowest BCUT2D eigenvalue weighted by Crippen LogP contribution is -2.48. The normalized spacial score (nSPS) is 25.0. The summed E-state index contributed by atoms with van der Waals surface area (Å²) in [5.74, 6) is 1.76. The van der Waals surface area contributed by atoms with Gasteiger partial charge in [0.15, 0.2) is 5.96 Å². The second kappa shape index (κ2) is 9.74. The van der Waals surface area contributed by atoms with E-state index in [0.717, 1.165) is 45.4 Å². The van der Waals surface area contributed by atoms with Gasteiger partial charge in [-0.3, -0.25) is 9.89 Å². The Hall–Kier alpha value is -0.0800. The molecule has 0 bridgehead atoms. The Kier molecular flexibility index (Phi) is 8.27. The first-order valence-electron chi connectivity index (χ1n) is 9.99. The van der Waals surface area contributed by atoms with Crippen molar-refractivity contribution in [2.45, 2.75) is 52.5 Å². The molecule has 1 atom stereocenters. The van der Waals surface area contributed by atoms with Gasteiger partial charge in [0.05, 0.1) is 19.8 Å². The molecule has 1 aliphatic carbocycles. The monoisotopic (exact) mass is 464 g/mol. The highest BCUT2D eigenvalue weighted by molar-refractivity contribution is 14.0. The molecular weight excluding hydrogens is 427 g/mol. The topological polar surface area (TPSA) is 40.1 Å². The van der Waals surface area contributed by atoms with Gasteiger partial charge in [0.25, 0.3) is 0 Å². The molecule has 0 amide bonds. The molecule has 0 radical (unpaired) electrons. The third-order valence-electron chi connectivity index (χ3n) is 6.20. The van der Waals surface area contributed by atoms with Crippen molar-refractivity contribution in [1.29, 1.82) is 0 Å². The molecule has 2 aliphatic heterocycles. The maximum Gasteiger partial charge on any atom is 0.193 e. The molecule has 0 aromatic heterocycles. The molecular formula is C19H37IN4O. The minimum Gasteiger partial charge on any atom is -0.379 e. The Balaban J connectivity index is 0.00000225. The highest BCUT2D eigenvalue weighted by Crippen LogP contribution is 2.47. The lowest BCUT2D eigenvalue weighted by atomic mass is 9.68. The minimum atomic E-state index is 0. The number of morpholine rings is 1. The summed E-state index contributed by atoms with van der Waals surface area (Å²) in [5, 5.41) is 3.54. The lowest BCUT2D eigenvalue weighted by molar-refractivity contribution is 0.00862. The van der Waals surface area contributed by atoms with Crippen LogP contribution in [0.2, 0.25) is 0 Å². The van der Waals surface area contributed by atoms with Crippen molar-refractivity contribution < 1.29 is 4.74 Å². The summed E-state index contributed by atoms with van der Waals surface area (Å²) in [6, 6.07) is 0.517. The molecule has 3 aliphatic rings. The van der Waals surface area contributed by atoms with Crippen LogP contribution in [0.5, 0.6) is 0 Å². The standard InChI is InChI=1S/C19H36N4O.HI/c1-4-20-18(23-9-8-19(15-23)6-5-7-19)21-14-17(16(2)3)22-10-12-24-13-11-22;/h16-17H,4-15H2,1-3H3,(H,20,21);1H. The van der Waals surface area contributed by atoms with Gasteiger partial charge in [0.1, 0.15) is 0 Å². The molecule has 3 fully saturated rings. The van der Waals surface area contributed by atoms with E-state index in [1.807, 2.05) is 0 Å². The fourth-order valence-electron chi connectivity index (χ4n) is 4.46. The van der Waals surface area contributed by atoms with Crippen molar-refractivity contribution in [3.8, 4) is 0 Å². The average Bonchev–Trinajstić information content (AvgIpc) is 3.00. The highest BCUT2D eigenvalue weighted by Gasteiger charge is 2.43. The SMILES string of the molecule is CCNC(=NCC(C(C)C)N1CCOCC1)N1CCC2(CCC2)C1.I. The van der Waals surface area contributed by atoms with Crippen LogP contribution in [0.3, 0.4) is 0 Å². The first-order valence-corrected chi connectivity index (χ1v) is 9.99. The van der Waals surface area contributed by atoms with Crippen LogP contribution in [0.1, 0.15) is 46.5 Å². The Morgan fingerprint density at radius 1 is 1.16 bits per heavy atom. The highest BCUT2D eigenvalue weighted by atomic mass is 127. The van der Waals surface area contributed by atoms with Gasteiger partial charge >= 0.3 is 0 Å². The van der Waals surface area contributed by atoms with Gasteiger partial charge in [0.2, 0.25) is 0 Å². The zero-order chi connectivity index (χ0) is 17.0. The van der Waals surface area contributed by atoms with Crippen molar-refractivity contribution >= 4 is 29.9 Å². The van der Waals surface area contributed by atoms with Crippen LogP contribution >= 0.6 is 24.0 Å². The summed E-state index contributed by atoms with van der Waals surface area (Å²) in [6.07, 6.45) is 5.62. The Morgan fingerprint density at radius 3 is 2.40 bits per heavy atom. The summed E-state index contributed by atoms with van der Waals surface area (Å²) in [6.45, 7) is 14.9. The number of rotatable bonds is 5. The molecule has 5 nitrogen and oxygen atoms in total. The first-order chi connectivity index (χ1) is 11.6. The predicted octanol–water partition coefficient (Wildman–Crippen LogP) is 2.80. The largest absolute Gasteiger partial charge is 0.379 e. The van der Waals surface area contributed by atoms with Crippen molar-refractivity contribution in [1.82, 2.24) is 15.1 Å². The van der Waals surface area contributed by atoms with E-state index in [4.69, 9.17) is 9.73 Å². The third-order valence-corrected chi connectivity index (χ3v) is 6.20. The molecule has 1 saturated carbocycles. The molecule has 2 saturated heterocycles. The van der Waals surface area contributed by atoms with Gasteiger partial charge in [-0.15, -0.1) is 24.0 Å². The summed E-state index contributed by atoms with van der Waals surface area (Å²) in [7, 11) is 0. The van der Waals surface area contributed by atoms with Gasteiger partial charge < -0.3 is 15.0 Å². The quantitative estimate of drug-likeness (QED) is 0.386. The zero-order valence-corrected chi connectivity index (χ0v) is 18.6. The van der Waals surface area contributed by atoms with Crippen LogP contribution in [-0.4, -0.2) is 74.3 Å². The molecule has 1 N–H and O–H groups in total. The second-order valence-corrected chi connectivity index (χ2v) is 8.18. The Morgan fingerprint density at radius 2 is 1.88 bits per heavy atom. The molecule has 146 valence electrons. The van der Waals surface area contributed by atoms with E-state index in [1.54, 1.807) is 0 Å². The van der Waals surface area contributed by atoms with Gasteiger partial charge in [-0.05, 0) is 37.5 Å². The molecule has 2 heterocycles. The number of aliphatic imine (C=N–C) groups is 1. The maximum absolute atomic E-state index is 5.52. The number of likely N-dealkylation sites (tertiary alicyclic amines) is 1. The van der Waals surface area contributed by atoms with Crippen molar-refractivity contribution in [2.24, 2.45) is 16.3 Å². The van der Waals surface area contributed by atoms with Crippen molar-refractivity contribution in [2.75, 3.05) is 52.5 Å². The van der Waals surface area contributed by atoms with Gasteiger partial charge in [-0.2, -0.15) is 0 Å². The van der Waals surface area contributed by atoms with Crippen LogP contribution in [0.25, 0.3) is 0 Å². The predicted molar refractivity (Wildman–Crippen MR) is 115 cm³/mol. The van der Waals surface area contributed by atoms with Gasteiger partial charge in [-0.25, -0.2) is 0 Å². The molecule has 0 aromatic carbocycles. The zero-order valence-electron chi connectivity index (χ0n) is 16.3. The number of hydrogen-bond acceptors (Lipinski definition) is 3. The maximum atomic E-state index is 5.52. The van der Waals surface area contributed by atoms with E-state index >= 15 is 0 Å². The summed E-state index contributed by atoms with van der Waals surface area (Å²) >= 11 is 0. The minimum absolute atomic E-state index is 0. The third kappa shape index (κ3) is 5.22. The number of ether oxygens (including phenoxy) is 1. The van der Waals surface area contributed by atoms with E-state index in [0.29, 0.717) is 17.4 Å². The summed E-state index contributed by atoms with van der Waals surface area (Å²) < 4.78 is 5.52. The molecule has 6 heteroatoms. The van der Waals surface area contributed by atoms with E-state index < -0.39 is 0 Å². The van der Waals surface area contributed by atoms with E-state index in [-0.39, 0.29) is 24.0 Å². The Bertz CT molecular complexity index is 433. The van der Waals surface area contributed by atoms with Gasteiger partial charge in [-0.1, -0.05) is 20.3 Å². The molecule has 1 unspecified atom stereocenters. The number of halogens is 1. The lowest BCUT2D eigenvalue weighted by Gasteiger charge is -2.38. The average molecular weight is 464 g/mol. The fraction of sp³-hybridized carbons (Fsp3) is 0.947. The molecule has 3 rings (SSSR count). The van der Waals surface area contributed by atoms with Crippen molar-refractivity contribution in [3.63, 3.8) is 0 Å². The molecule has 25 heavy (non-hydrogen) atoms. The number of nitrogens with one attached hydrogen (secondary N) is 1. The van der Waals surface area contributed by atoms with E-state index in [9.17, 15) is 0 Å². The Labute approximate surface area is 171 Å². The summed E-state index contributed by atoms with van der Waals surface area (Å²) in [4.78, 5) is 10.1. The van der Waals surface area contributed by atoms with E-state index in [2.05, 4.69) is 35.9 Å². The number of nitrogens with zero attached hydrogens (tertiary/aromatic N) is 3.